The van der Waals surface area contributed by atoms with Crippen LogP contribution in [0, 0.1) is 5.41 Å². The van der Waals surface area contributed by atoms with E-state index in [1.54, 1.807) is 0 Å². The maximum Gasteiger partial charge on any atom is 0.234 e. The first-order valence-electron chi connectivity index (χ1n) is 6.12. The minimum absolute atomic E-state index is 0.0213. The smallest absolute Gasteiger partial charge is 0.234 e. The van der Waals surface area contributed by atoms with Crippen LogP contribution in [-0.2, 0) is 4.79 Å². The monoisotopic (exact) mass is 225 g/mol. The molecule has 0 bridgehead atoms. The molecular weight excluding hydrogens is 202 g/mol. The van der Waals surface area contributed by atoms with Gasteiger partial charge in [0, 0.05) is 30.1 Å². The van der Waals surface area contributed by atoms with E-state index in [2.05, 4.69) is 31.0 Å². The van der Waals surface area contributed by atoms with Crippen molar-refractivity contribution < 1.29 is 4.79 Å². The van der Waals surface area contributed by atoms with Crippen molar-refractivity contribution in [2.45, 2.75) is 45.2 Å². The van der Waals surface area contributed by atoms with E-state index < -0.39 is 0 Å². The fourth-order valence-electron chi connectivity index (χ4n) is 2.60. The third kappa shape index (κ3) is 2.09. The maximum atomic E-state index is 11.4. The van der Waals surface area contributed by atoms with Gasteiger partial charge in [-0.3, -0.25) is 9.69 Å². The second-order valence-corrected chi connectivity index (χ2v) is 6.24. The Morgan fingerprint density at radius 2 is 2.12 bits per heavy atom. The molecule has 0 aromatic heterocycles. The Morgan fingerprint density at radius 1 is 1.50 bits per heavy atom. The first-order chi connectivity index (χ1) is 7.37. The number of amides is 1. The van der Waals surface area contributed by atoms with Crippen molar-refractivity contribution >= 4 is 5.91 Å². The molecule has 0 aromatic rings. The molecule has 1 unspecified atom stereocenters. The first-order valence-corrected chi connectivity index (χ1v) is 6.12. The molecule has 2 rings (SSSR count). The Labute approximate surface area is 97.6 Å². The summed E-state index contributed by atoms with van der Waals surface area (Å²) in [5.41, 5.74) is 5.91. The van der Waals surface area contributed by atoms with Gasteiger partial charge in [0.25, 0.3) is 0 Å². The summed E-state index contributed by atoms with van der Waals surface area (Å²) in [6.07, 6.45) is 2.49. The lowest BCUT2D eigenvalue weighted by Gasteiger charge is -2.31. The van der Waals surface area contributed by atoms with E-state index in [-0.39, 0.29) is 18.0 Å². The zero-order valence-electron chi connectivity index (χ0n) is 10.5. The van der Waals surface area contributed by atoms with E-state index in [0.717, 1.165) is 13.1 Å². The molecule has 92 valence electrons. The molecule has 1 atom stereocenters. The van der Waals surface area contributed by atoms with Gasteiger partial charge in [-0.05, 0) is 33.6 Å². The second kappa shape index (κ2) is 3.70. The zero-order valence-corrected chi connectivity index (χ0v) is 10.5. The number of likely N-dealkylation sites (tertiary alicyclic amines) is 1. The number of nitrogens with zero attached hydrogens (tertiary/aromatic N) is 1. The zero-order chi connectivity index (χ0) is 12.0. The molecule has 16 heavy (non-hydrogen) atoms. The molecular formula is C12H23N3O. The maximum absolute atomic E-state index is 11.4. The number of hydrogen-bond acceptors (Lipinski definition) is 3. The van der Waals surface area contributed by atoms with E-state index in [1.165, 1.54) is 12.8 Å². The van der Waals surface area contributed by atoms with Gasteiger partial charge in [-0.25, -0.2) is 0 Å². The largest absolute Gasteiger partial charge is 0.350 e. The van der Waals surface area contributed by atoms with Crippen LogP contribution in [-0.4, -0.2) is 42.0 Å². The molecule has 2 aliphatic rings. The van der Waals surface area contributed by atoms with Crippen molar-refractivity contribution in [2.75, 3.05) is 19.6 Å². The van der Waals surface area contributed by atoms with E-state index in [1.807, 2.05) is 0 Å². The molecule has 2 fully saturated rings. The highest BCUT2D eigenvalue weighted by molar-refractivity contribution is 5.78. The van der Waals surface area contributed by atoms with Crippen LogP contribution in [0.25, 0.3) is 0 Å². The van der Waals surface area contributed by atoms with Crippen molar-refractivity contribution in [3.8, 4) is 0 Å². The summed E-state index contributed by atoms with van der Waals surface area (Å²) < 4.78 is 0. The molecule has 4 heteroatoms. The highest BCUT2D eigenvalue weighted by atomic mass is 16.1. The summed E-state index contributed by atoms with van der Waals surface area (Å²) in [5.74, 6) is -0.0213. The van der Waals surface area contributed by atoms with Gasteiger partial charge in [-0.1, -0.05) is 0 Å². The molecule has 3 N–H and O–H groups in total. The van der Waals surface area contributed by atoms with Crippen LogP contribution in [0.4, 0.5) is 0 Å². The average Bonchev–Trinajstić information content (AvgIpc) is 2.84. The minimum atomic E-state index is -0.0213. The second-order valence-electron chi connectivity index (χ2n) is 6.24. The van der Waals surface area contributed by atoms with Crippen molar-refractivity contribution in [2.24, 2.45) is 11.1 Å². The lowest BCUT2D eigenvalue weighted by molar-refractivity contribution is -0.120. The molecule has 1 aliphatic heterocycles. The summed E-state index contributed by atoms with van der Waals surface area (Å²) in [5, 5.41) is 3.08. The van der Waals surface area contributed by atoms with Gasteiger partial charge in [0.05, 0.1) is 6.54 Å². The van der Waals surface area contributed by atoms with Gasteiger partial charge in [-0.2, -0.15) is 0 Å². The Bertz CT molecular complexity index is 291. The lowest BCUT2D eigenvalue weighted by atomic mass is 10.0. The van der Waals surface area contributed by atoms with Gasteiger partial charge in [0.15, 0.2) is 0 Å². The number of carbonyl (C=O) groups excluding carboxylic acids is 1. The summed E-state index contributed by atoms with van der Waals surface area (Å²) in [6, 6.07) is 0.308. The normalized spacial score (nSPS) is 28.4. The fraction of sp³-hybridized carbons (Fsp3) is 0.917. The summed E-state index contributed by atoms with van der Waals surface area (Å²) in [6.45, 7) is 8.88. The van der Waals surface area contributed by atoms with Crippen molar-refractivity contribution in [1.82, 2.24) is 10.2 Å². The van der Waals surface area contributed by atoms with Crippen LogP contribution < -0.4 is 11.1 Å². The Kier molecular flexibility index (Phi) is 2.75. The molecule has 1 amide bonds. The van der Waals surface area contributed by atoms with Crippen LogP contribution in [0.1, 0.15) is 33.6 Å². The van der Waals surface area contributed by atoms with Gasteiger partial charge in [0.2, 0.25) is 5.91 Å². The molecule has 1 spiro atoms. The third-order valence-corrected chi connectivity index (χ3v) is 4.01. The van der Waals surface area contributed by atoms with E-state index in [4.69, 9.17) is 5.73 Å². The topological polar surface area (TPSA) is 58.4 Å². The van der Waals surface area contributed by atoms with Crippen LogP contribution >= 0.6 is 0 Å². The minimum Gasteiger partial charge on any atom is -0.350 e. The Hall–Kier alpha value is -0.610. The number of carbonyl (C=O) groups is 1. The predicted octanol–water partition coefficient (Wildman–Crippen LogP) is 0.324. The number of hydrogen-bond donors (Lipinski definition) is 2. The van der Waals surface area contributed by atoms with Crippen molar-refractivity contribution in [3.05, 3.63) is 0 Å². The lowest BCUT2D eigenvalue weighted by Crippen LogP contribution is -2.45. The van der Waals surface area contributed by atoms with E-state index >= 15 is 0 Å². The molecule has 0 aromatic carbocycles. The average molecular weight is 225 g/mol. The number of nitrogens with one attached hydrogen (secondary N) is 1. The van der Waals surface area contributed by atoms with E-state index in [9.17, 15) is 4.79 Å². The molecule has 1 heterocycles. The third-order valence-electron chi connectivity index (χ3n) is 4.01. The standard InChI is InChI=1S/C12H23N3O/c1-11(2,3)15-7-9(14-10(16)6-13)12(8-15)4-5-12/h9H,4-8,13H2,1-3H3,(H,14,16). The SMILES string of the molecule is CC(C)(C)N1CC(NC(=O)CN)C2(CC2)C1. The first kappa shape index (κ1) is 11.9. The summed E-state index contributed by atoms with van der Waals surface area (Å²) >= 11 is 0. The molecule has 0 radical (unpaired) electrons. The van der Waals surface area contributed by atoms with E-state index in [0.29, 0.717) is 11.5 Å². The number of rotatable bonds is 2. The van der Waals surface area contributed by atoms with Gasteiger partial charge < -0.3 is 11.1 Å². The quantitative estimate of drug-likeness (QED) is 0.712. The van der Waals surface area contributed by atoms with Crippen LogP contribution in [0.3, 0.4) is 0 Å². The van der Waals surface area contributed by atoms with Crippen molar-refractivity contribution in [3.63, 3.8) is 0 Å². The fourth-order valence-corrected chi connectivity index (χ4v) is 2.60. The molecule has 1 saturated carbocycles. The van der Waals surface area contributed by atoms with Crippen molar-refractivity contribution in [1.29, 1.82) is 0 Å². The van der Waals surface area contributed by atoms with Crippen LogP contribution in [0.5, 0.6) is 0 Å². The Balaban J connectivity index is 2.02. The number of nitrogens with two attached hydrogens (primary N) is 1. The summed E-state index contributed by atoms with van der Waals surface area (Å²) in [4.78, 5) is 13.9. The van der Waals surface area contributed by atoms with Crippen LogP contribution in [0.2, 0.25) is 0 Å². The van der Waals surface area contributed by atoms with Gasteiger partial charge in [0.1, 0.15) is 0 Å². The highest BCUT2D eigenvalue weighted by Gasteiger charge is 2.56. The molecule has 4 nitrogen and oxygen atoms in total. The van der Waals surface area contributed by atoms with Gasteiger partial charge in [-0.15, -0.1) is 0 Å². The summed E-state index contributed by atoms with van der Waals surface area (Å²) in [7, 11) is 0. The van der Waals surface area contributed by atoms with Crippen LogP contribution in [0.15, 0.2) is 0 Å². The predicted molar refractivity (Wildman–Crippen MR) is 64.0 cm³/mol. The molecule has 1 aliphatic carbocycles. The highest BCUT2D eigenvalue weighted by Crippen LogP contribution is 2.53. The van der Waals surface area contributed by atoms with Gasteiger partial charge >= 0.3 is 0 Å². The molecule has 1 saturated heterocycles. The Morgan fingerprint density at radius 3 is 2.56 bits per heavy atom.